The van der Waals surface area contributed by atoms with Gasteiger partial charge in [0.05, 0.1) is 6.10 Å². The van der Waals surface area contributed by atoms with Crippen LogP contribution in [0, 0.1) is 0 Å². The van der Waals surface area contributed by atoms with Crippen LogP contribution in [0.25, 0.3) is 0 Å². The van der Waals surface area contributed by atoms with Crippen molar-refractivity contribution in [2.45, 2.75) is 18.6 Å². The molecule has 2 nitrogen and oxygen atoms in total. The SMILES string of the molecule is OCC[C@H]1OC1c1ccccc1. The summed E-state index contributed by atoms with van der Waals surface area (Å²) in [5.41, 5.74) is 1.22. The molecular weight excluding hydrogens is 152 g/mol. The van der Waals surface area contributed by atoms with E-state index in [-0.39, 0.29) is 18.8 Å². The number of aliphatic hydroxyl groups excluding tert-OH is 1. The van der Waals surface area contributed by atoms with Crippen molar-refractivity contribution in [3.8, 4) is 0 Å². The molecule has 1 fully saturated rings. The van der Waals surface area contributed by atoms with Gasteiger partial charge >= 0.3 is 0 Å². The summed E-state index contributed by atoms with van der Waals surface area (Å²) in [6.07, 6.45) is 1.23. The molecule has 2 rings (SSSR count). The van der Waals surface area contributed by atoms with Gasteiger partial charge in [-0.3, -0.25) is 0 Å². The van der Waals surface area contributed by atoms with Gasteiger partial charge in [-0.25, -0.2) is 0 Å². The van der Waals surface area contributed by atoms with E-state index in [1.54, 1.807) is 0 Å². The number of rotatable bonds is 3. The number of aliphatic hydroxyl groups is 1. The van der Waals surface area contributed by atoms with Crippen molar-refractivity contribution >= 4 is 0 Å². The van der Waals surface area contributed by atoms with Crippen LogP contribution in [0.4, 0.5) is 0 Å². The number of hydrogen-bond acceptors (Lipinski definition) is 2. The molecule has 1 aromatic carbocycles. The quantitative estimate of drug-likeness (QED) is 0.687. The molecule has 0 bridgehead atoms. The van der Waals surface area contributed by atoms with Crippen LogP contribution in [0.1, 0.15) is 18.1 Å². The van der Waals surface area contributed by atoms with Gasteiger partial charge in [-0.1, -0.05) is 30.3 Å². The van der Waals surface area contributed by atoms with Gasteiger partial charge < -0.3 is 9.84 Å². The summed E-state index contributed by atoms with van der Waals surface area (Å²) in [6.45, 7) is 0.216. The second kappa shape index (κ2) is 3.25. The normalized spacial score (nSPS) is 27.1. The highest BCUT2D eigenvalue weighted by molar-refractivity contribution is 5.22. The van der Waals surface area contributed by atoms with E-state index in [1.165, 1.54) is 5.56 Å². The van der Waals surface area contributed by atoms with Crippen LogP contribution < -0.4 is 0 Å². The molecule has 1 unspecified atom stereocenters. The zero-order chi connectivity index (χ0) is 8.39. The van der Waals surface area contributed by atoms with Crippen molar-refractivity contribution in [1.82, 2.24) is 0 Å². The molecule has 0 saturated carbocycles. The molecule has 12 heavy (non-hydrogen) atoms. The van der Waals surface area contributed by atoms with Crippen molar-refractivity contribution in [3.63, 3.8) is 0 Å². The lowest BCUT2D eigenvalue weighted by atomic mass is 10.1. The first-order valence-corrected chi connectivity index (χ1v) is 4.23. The summed E-state index contributed by atoms with van der Waals surface area (Å²) in [6, 6.07) is 10.1. The highest BCUT2D eigenvalue weighted by Crippen LogP contribution is 2.40. The van der Waals surface area contributed by atoms with Crippen molar-refractivity contribution in [2.24, 2.45) is 0 Å². The summed E-state index contributed by atoms with van der Waals surface area (Å²) in [5, 5.41) is 8.66. The molecule has 0 aliphatic carbocycles. The summed E-state index contributed by atoms with van der Waals surface area (Å²) in [5.74, 6) is 0. The van der Waals surface area contributed by atoms with E-state index in [0.29, 0.717) is 0 Å². The molecule has 1 N–H and O–H groups in total. The fraction of sp³-hybridized carbons (Fsp3) is 0.400. The Morgan fingerprint density at radius 2 is 2.00 bits per heavy atom. The maximum atomic E-state index is 8.66. The topological polar surface area (TPSA) is 32.8 Å². The first kappa shape index (κ1) is 7.77. The standard InChI is InChI=1S/C10H12O2/c11-7-6-9-10(12-9)8-4-2-1-3-5-8/h1-5,9-11H,6-7H2/t9-,10?/m1/s1. The van der Waals surface area contributed by atoms with E-state index in [9.17, 15) is 0 Å². The van der Waals surface area contributed by atoms with Gasteiger partial charge in [0.2, 0.25) is 0 Å². The fourth-order valence-electron chi connectivity index (χ4n) is 1.43. The van der Waals surface area contributed by atoms with Crippen molar-refractivity contribution < 1.29 is 9.84 Å². The minimum Gasteiger partial charge on any atom is -0.396 e. The zero-order valence-corrected chi connectivity index (χ0v) is 6.81. The molecule has 1 aromatic rings. The van der Waals surface area contributed by atoms with Gasteiger partial charge in [0.1, 0.15) is 6.10 Å². The molecule has 1 aliphatic heterocycles. The molecular formula is C10H12O2. The fourth-order valence-corrected chi connectivity index (χ4v) is 1.43. The first-order valence-electron chi connectivity index (χ1n) is 4.23. The zero-order valence-electron chi connectivity index (χ0n) is 6.81. The Morgan fingerprint density at radius 3 is 2.67 bits per heavy atom. The molecule has 64 valence electrons. The van der Waals surface area contributed by atoms with Gasteiger partial charge in [-0.15, -0.1) is 0 Å². The second-order valence-corrected chi connectivity index (χ2v) is 3.02. The Bertz CT molecular complexity index is 245. The molecule has 0 amide bonds. The van der Waals surface area contributed by atoms with E-state index in [0.717, 1.165) is 6.42 Å². The largest absolute Gasteiger partial charge is 0.396 e. The van der Waals surface area contributed by atoms with Gasteiger partial charge in [0.25, 0.3) is 0 Å². The van der Waals surface area contributed by atoms with Crippen LogP contribution in [0.15, 0.2) is 30.3 Å². The van der Waals surface area contributed by atoms with Crippen molar-refractivity contribution in [3.05, 3.63) is 35.9 Å². The van der Waals surface area contributed by atoms with E-state index < -0.39 is 0 Å². The molecule has 0 radical (unpaired) electrons. The lowest BCUT2D eigenvalue weighted by Gasteiger charge is -1.92. The Kier molecular flexibility index (Phi) is 2.11. The number of hydrogen-bond donors (Lipinski definition) is 1. The maximum Gasteiger partial charge on any atom is 0.109 e. The van der Waals surface area contributed by atoms with Gasteiger partial charge in [0, 0.05) is 6.61 Å². The highest BCUT2D eigenvalue weighted by atomic mass is 16.6. The predicted octanol–water partition coefficient (Wildman–Crippen LogP) is 1.51. The van der Waals surface area contributed by atoms with Crippen LogP contribution in [-0.2, 0) is 4.74 Å². The van der Waals surface area contributed by atoms with Gasteiger partial charge in [-0.2, -0.15) is 0 Å². The summed E-state index contributed by atoms with van der Waals surface area (Å²) >= 11 is 0. The number of epoxide rings is 1. The van der Waals surface area contributed by atoms with E-state index >= 15 is 0 Å². The minimum atomic E-state index is 0.216. The van der Waals surface area contributed by atoms with Crippen LogP contribution >= 0.6 is 0 Å². The molecule has 2 heteroatoms. The monoisotopic (exact) mass is 164 g/mol. The highest BCUT2D eigenvalue weighted by Gasteiger charge is 2.38. The molecule has 0 aromatic heterocycles. The van der Waals surface area contributed by atoms with Crippen LogP contribution in [0.2, 0.25) is 0 Å². The molecule has 1 saturated heterocycles. The second-order valence-electron chi connectivity index (χ2n) is 3.02. The average molecular weight is 164 g/mol. The third kappa shape index (κ3) is 1.49. The third-order valence-electron chi connectivity index (χ3n) is 2.12. The Morgan fingerprint density at radius 1 is 1.25 bits per heavy atom. The lowest BCUT2D eigenvalue weighted by molar-refractivity contribution is 0.262. The van der Waals surface area contributed by atoms with E-state index in [4.69, 9.17) is 9.84 Å². The smallest absolute Gasteiger partial charge is 0.109 e. The first-order chi connectivity index (χ1) is 5.92. The molecule has 2 atom stereocenters. The van der Waals surface area contributed by atoms with E-state index in [1.807, 2.05) is 18.2 Å². The van der Waals surface area contributed by atoms with Gasteiger partial charge in [-0.05, 0) is 12.0 Å². The maximum absolute atomic E-state index is 8.66. The Hall–Kier alpha value is -0.860. The van der Waals surface area contributed by atoms with Crippen LogP contribution in [-0.4, -0.2) is 17.8 Å². The van der Waals surface area contributed by atoms with E-state index in [2.05, 4.69) is 12.1 Å². The summed E-state index contributed by atoms with van der Waals surface area (Å²) in [7, 11) is 0. The van der Waals surface area contributed by atoms with Crippen molar-refractivity contribution in [2.75, 3.05) is 6.61 Å². The number of benzene rings is 1. The lowest BCUT2D eigenvalue weighted by Crippen LogP contribution is -1.92. The Labute approximate surface area is 71.8 Å². The minimum absolute atomic E-state index is 0.216. The van der Waals surface area contributed by atoms with Crippen LogP contribution in [0.3, 0.4) is 0 Å². The Balaban J connectivity index is 1.97. The molecule has 1 aliphatic rings. The predicted molar refractivity (Wildman–Crippen MR) is 45.8 cm³/mol. The van der Waals surface area contributed by atoms with Gasteiger partial charge in [0.15, 0.2) is 0 Å². The molecule has 0 spiro atoms. The van der Waals surface area contributed by atoms with Crippen molar-refractivity contribution in [1.29, 1.82) is 0 Å². The summed E-state index contributed by atoms with van der Waals surface area (Å²) in [4.78, 5) is 0. The summed E-state index contributed by atoms with van der Waals surface area (Å²) < 4.78 is 5.38. The van der Waals surface area contributed by atoms with Crippen LogP contribution in [0.5, 0.6) is 0 Å². The third-order valence-corrected chi connectivity index (χ3v) is 2.12. The number of ether oxygens (including phenoxy) is 1. The average Bonchev–Trinajstić information content (AvgIpc) is 2.87. The molecule has 1 heterocycles.